The maximum atomic E-state index is 13.5. The number of nitrogens with zero attached hydrogens (tertiary/aromatic N) is 1. The largest absolute Gasteiger partial charge is 0.465 e. The second-order valence-electron chi connectivity index (χ2n) is 14.4. The van der Waals surface area contributed by atoms with E-state index in [4.69, 9.17) is 14.2 Å². The van der Waals surface area contributed by atoms with Crippen molar-refractivity contribution < 1.29 is 34.0 Å². The molecule has 0 radical (unpaired) electrons. The molecule has 3 aliphatic carbocycles. The van der Waals surface area contributed by atoms with Crippen molar-refractivity contribution in [2.75, 3.05) is 19.8 Å². The fourth-order valence-corrected chi connectivity index (χ4v) is 11.2. The first-order valence-corrected chi connectivity index (χ1v) is 14.5. The minimum absolute atomic E-state index is 0.0432. The number of aliphatic hydroxyl groups excluding tert-OH is 1. The van der Waals surface area contributed by atoms with Crippen LogP contribution in [0, 0.1) is 45.8 Å². The molecule has 0 aromatic rings. The van der Waals surface area contributed by atoms with Crippen molar-refractivity contribution in [3.63, 3.8) is 0 Å². The number of esters is 1. The van der Waals surface area contributed by atoms with Gasteiger partial charge in [0.25, 0.3) is 0 Å². The Labute approximate surface area is 223 Å². The molecule has 2 spiro atoms. The number of fused-ring (bicyclic) bond motifs is 5. The number of ketones is 1. The van der Waals surface area contributed by atoms with Gasteiger partial charge in [-0.05, 0) is 44.1 Å². The Balaban J connectivity index is 1.41. The smallest absolute Gasteiger partial charge is 0.306 e. The number of rotatable bonds is 0. The molecule has 0 aromatic heterocycles. The van der Waals surface area contributed by atoms with Crippen molar-refractivity contribution in [2.24, 2.45) is 45.8 Å². The molecule has 6 fully saturated rings. The summed E-state index contributed by atoms with van der Waals surface area (Å²) < 4.78 is 18.9. The summed E-state index contributed by atoms with van der Waals surface area (Å²) in [6.45, 7) is 9.53. The number of hydrogen-bond acceptors (Lipinski definition) is 8. The van der Waals surface area contributed by atoms with Crippen molar-refractivity contribution in [1.82, 2.24) is 4.90 Å². The number of carbonyl (C=O) groups is 2. The maximum Gasteiger partial charge on any atom is 0.306 e. The van der Waals surface area contributed by atoms with Crippen LogP contribution >= 0.6 is 0 Å². The van der Waals surface area contributed by atoms with Gasteiger partial charge < -0.3 is 29.3 Å². The van der Waals surface area contributed by atoms with Gasteiger partial charge in [0.1, 0.15) is 6.10 Å². The number of aliphatic hydroxyl groups is 2. The predicted octanol–water partition coefficient (Wildman–Crippen LogP) is 2.54. The standard InChI is InChI=1S/C30H39NO7/c1-15-6-19-24(20(32)7-15)17(3)30(35)25-27(19,13-37-30)9-21-26(4,28(25)11-23(34)36-14-28)10-22(33)29-8-16(2)5-18(38-29)12-31(21)29/h7,9,16-19,22,24-25,33,35H,5-6,8,10-14H2,1-4H3/t16-,17+,18+,19+,22-,24-,25-,26+,27+,28+,29+,30-/m0/s1. The summed E-state index contributed by atoms with van der Waals surface area (Å²) in [5, 5.41) is 24.3. The molecule has 4 bridgehead atoms. The summed E-state index contributed by atoms with van der Waals surface area (Å²) in [6, 6.07) is 0. The van der Waals surface area contributed by atoms with E-state index in [1.807, 2.05) is 13.8 Å². The SMILES string of the molecule is CC1=CC(=O)[C@@H]2[C@@H](C1)[C@]13C=C4N5C[C@H]6C[C@H](C)C[C@@]5(O6)[C@@H](O)C[C@@]4(C)[C@]4(COC(=O)C4)[C@H]1[C@@](O)(OC3)[C@@H]2C. The topological polar surface area (TPSA) is 106 Å². The van der Waals surface area contributed by atoms with E-state index in [-0.39, 0.29) is 42.7 Å². The van der Waals surface area contributed by atoms with Gasteiger partial charge in [-0.3, -0.25) is 9.59 Å². The van der Waals surface area contributed by atoms with Crippen LogP contribution in [0.1, 0.15) is 59.8 Å². The van der Waals surface area contributed by atoms with Gasteiger partial charge in [-0.2, -0.15) is 0 Å². The van der Waals surface area contributed by atoms with Crippen molar-refractivity contribution in [3.8, 4) is 0 Å². The summed E-state index contributed by atoms with van der Waals surface area (Å²) in [5.41, 5.74) is -0.683. The Kier molecular flexibility index (Phi) is 4.40. The van der Waals surface area contributed by atoms with Gasteiger partial charge >= 0.3 is 5.97 Å². The Morgan fingerprint density at radius 3 is 2.68 bits per heavy atom. The van der Waals surface area contributed by atoms with E-state index < -0.39 is 45.7 Å². The van der Waals surface area contributed by atoms with Crippen LogP contribution in [0.4, 0.5) is 0 Å². The molecule has 12 atom stereocenters. The summed E-state index contributed by atoms with van der Waals surface area (Å²) in [6.07, 6.45) is 6.45. The number of hydrogen-bond donors (Lipinski definition) is 2. The zero-order valence-electron chi connectivity index (χ0n) is 22.7. The molecule has 8 aliphatic rings. The van der Waals surface area contributed by atoms with Crippen LogP contribution in [0.2, 0.25) is 0 Å². The summed E-state index contributed by atoms with van der Waals surface area (Å²) in [7, 11) is 0. The Morgan fingerprint density at radius 1 is 1.16 bits per heavy atom. The first-order valence-electron chi connectivity index (χ1n) is 14.5. The normalized spacial score (nSPS) is 58.1. The number of piperidine rings is 1. The highest BCUT2D eigenvalue weighted by atomic mass is 16.6. The number of ether oxygens (including phenoxy) is 3. The quantitative estimate of drug-likeness (QED) is 0.465. The lowest BCUT2D eigenvalue weighted by Crippen LogP contribution is -2.73. The van der Waals surface area contributed by atoms with Crippen molar-refractivity contribution in [2.45, 2.75) is 83.5 Å². The molecule has 5 heterocycles. The van der Waals surface area contributed by atoms with Crippen LogP contribution in [0.3, 0.4) is 0 Å². The second kappa shape index (κ2) is 6.93. The van der Waals surface area contributed by atoms with Gasteiger partial charge in [-0.15, -0.1) is 0 Å². The molecule has 5 aliphatic heterocycles. The highest BCUT2D eigenvalue weighted by Gasteiger charge is 2.82. The second-order valence-corrected chi connectivity index (χ2v) is 14.4. The van der Waals surface area contributed by atoms with Crippen LogP contribution in [-0.2, 0) is 23.8 Å². The third-order valence-electron chi connectivity index (χ3n) is 12.6. The van der Waals surface area contributed by atoms with Crippen LogP contribution in [0.5, 0.6) is 0 Å². The van der Waals surface area contributed by atoms with E-state index >= 15 is 0 Å². The summed E-state index contributed by atoms with van der Waals surface area (Å²) >= 11 is 0. The van der Waals surface area contributed by atoms with Gasteiger partial charge in [0.15, 0.2) is 17.3 Å². The van der Waals surface area contributed by atoms with E-state index in [2.05, 4.69) is 24.8 Å². The molecule has 2 N–H and O–H groups in total. The van der Waals surface area contributed by atoms with Crippen LogP contribution in [-0.4, -0.2) is 70.3 Å². The molecular weight excluding hydrogens is 486 g/mol. The molecule has 0 unspecified atom stereocenters. The minimum Gasteiger partial charge on any atom is -0.465 e. The van der Waals surface area contributed by atoms with Crippen molar-refractivity contribution >= 4 is 11.8 Å². The monoisotopic (exact) mass is 525 g/mol. The molecule has 5 saturated heterocycles. The lowest BCUT2D eigenvalue weighted by atomic mass is 9.37. The zero-order chi connectivity index (χ0) is 26.6. The van der Waals surface area contributed by atoms with Gasteiger partial charge in [0, 0.05) is 52.7 Å². The fourth-order valence-electron chi connectivity index (χ4n) is 11.2. The average Bonchev–Trinajstić information content (AvgIpc) is 3.45. The molecule has 0 aromatic carbocycles. The lowest BCUT2D eigenvalue weighted by molar-refractivity contribution is -0.300. The molecule has 206 valence electrons. The summed E-state index contributed by atoms with van der Waals surface area (Å²) in [5.74, 6) is -2.59. The molecule has 0 amide bonds. The predicted molar refractivity (Wildman–Crippen MR) is 134 cm³/mol. The average molecular weight is 526 g/mol. The van der Waals surface area contributed by atoms with Crippen LogP contribution < -0.4 is 0 Å². The van der Waals surface area contributed by atoms with Crippen molar-refractivity contribution in [1.29, 1.82) is 0 Å². The van der Waals surface area contributed by atoms with Crippen LogP contribution in [0.25, 0.3) is 0 Å². The molecule has 8 nitrogen and oxygen atoms in total. The van der Waals surface area contributed by atoms with E-state index in [0.717, 1.165) is 30.5 Å². The van der Waals surface area contributed by atoms with Crippen molar-refractivity contribution in [3.05, 3.63) is 23.4 Å². The van der Waals surface area contributed by atoms with E-state index in [9.17, 15) is 19.8 Å². The third kappa shape index (κ3) is 2.42. The number of cyclic esters (lactones) is 1. The molecule has 8 heteroatoms. The first-order chi connectivity index (χ1) is 17.9. The Morgan fingerprint density at radius 2 is 1.95 bits per heavy atom. The van der Waals surface area contributed by atoms with Gasteiger partial charge in [-0.25, -0.2) is 0 Å². The van der Waals surface area contributed by atoms with Crippen LogP contribution in [0.15, 0.2) is 23.4 Å². The van der Waals surface area contributed by atoms with Gasteiger partial charge in [0.2, 0.25) is 0 Å². The zero-order valence-corrected chi connectivity index (χ0v) is 22.7. The highest BCUT2D eigenvalue weighted by Crippen LogP contribution is 2.78. The molecule has 1 saturated carbocycles. The third-order valence-corrected chi connectivity index (χ3v) is 12.6. The fraction of sp³-hybridized carbons (Fsp3) is 0.800. The lowest BCUT2D eigenvalue weighted by Gasteiger charge is -2.69. The summed E-state index contributed by atoms with van der Waals surface area (Å²) in [4.78, 5) is 28.8. The van der Waals surface area contributed by atoms with E-state index in [1.165, 1.54) is 0 Å². The molecule has 8 rings (SSSR count). The Hall–Kier alpha value is -1.74. The molecular formula is C30H39NO7. The highest BCUT2D eigenvalue weighted by molar-refractivity contribution is 5.94. The molecule has 38 heavy (non-hydrogen) atoms. The number of allylic oxidation sites excluding steroid dienone is 3. The first kappa shape index (κ1) is 24.1. The van der Waals surface area contributed by atoms with E-state index in [1.54, 1.807) is 6.08 Å². The maximum absolute atomic E-state index is 13.5. The number of carbonyl (C=O) groups excluding carboxylic acids is 2. The Bertz CT molecular complexity index is 1230. The van der Waals surface area contributed by atoms with Gasteiger partial charge in [-0.1, -0.05) is 32.4 Å². The van der Waals surface area contributed by atoms with Gasteiger partial charge in [0.05, 0.1) is 25.7 Å². The minimum atomic E-state index is -1.57. The van der Waals surface area contributed by atoms with E-state index in [0.29, 0.717) is 25.5 Å².